The summed E-state index contributed by atoms with van der Waals surface area (Å²) in [5.41, 5.74) is 3.93. The van der Waals surface area contributed by atoms with Crippen LogP contribution in [0.4, 0.5) is 0 Å². The van der Waals surface area contributed by atoms with Crippen molar-refractivity contribution in [3.05, 3.63) is 63.8 Å². The van der Waals surface area contributed by atoms with Crippen LogP contribution in [0.2, 0.25) is 10.0 Å². The van der Waals surface area contributed by atoms with Crippen molar-refractivity contribution in [1.82, 2.24) is 4.98 Å². The Hall–Kier alpha value is -2.08. The van der Waals surface area contributed by atoms with Crippen molar-refractivity contribution in [3.8, 4) is 17.2 Å². The van der Waals surface area contributed by atoms with Gasteiger partial charge < -0.3 is 0 Å². The maximum atomic E-state index is 9.75. The van der Waals surface area contributed by atoms with Gasteiger partial charge in [0.05, 0.1) is 16.8 Å². The number of hydrogen-bond donors (Lipinski definition) is 0. The highest BCUT2D eigenvalue weighted by Gasteiger charge is 2.19. The van der Waals surface area contributed by atoms with E-state index in [-0.39, 0.29) is 5.92 Å². The van der Waals surface area contributed by atoms with Crippen LogP contribution in [0, 0.1) is 11.3 Å². The number of halogens is 2. The molecule has 0 radical (unpaired) electrons. The van der Waals surface area contributed by atoms with Gasteiger partial charge in [-0.2, -0.15) is 5.26 Å². The van der Waals surface area contributed by atoms with E-state index in [1.165, 1.54) is 0 Å². The molecule has 0 fully saturated rings. The van der Waals surface area contributed by atoms with Crippen molar-refractivity contribution in [3.63, 3.8) is 0 Å². The topological polar surface area (TPSA) is 36.7 Å². The molecule has 1 aromatic heterocycles. The molecule has 0 N–H and O–H groups in total. The highest BCUT2D eigenvalue weighted by atomic mass is 35.5. The molecule has 0 aliphatic heterocycles. The highest BCUT2D eigenvalue weighted by molar-refractivity contribution is 6.32. The summed E-state index contributed by atoms with van der Waals surface area (Å²) < 4.78 is 0. The molecule has 23 heavy (non-hydrogen) atoms. The Morgan fingerprint density at radius 1 is 1.04 bits per heavy atom. The van der Waals surface area contributed by atoms with Crippen LogP contribution in [0.25, 0.3) is 22.0 Å². The van der Waals surface area contributed by atoms with Gasteiger partial charge in [-0.3, -0.25) is 4.98 Å². The zero-order chi connectivity index (χ0) is 16.6. The number of nitrogens with zero attached hydrogens (tertiary/aromatic N) is 2. The largest absolute Gasteiger partial charge is 0.251 e. The van der Waals surface area contributed by atoms with E-state index < -0.39 is 0 Å². The Bertz CT molecular complexity index is 940. The van der Waals surface area contributed by atoms with Gasteiger partial charge in [0, 0.05) is 21.0 Å². The standard InChI is InChI=1S/C19H14Cl2N2/c1-11(2)19-16(10-22)18(12-4-3-5-13(20)8-12)15-9-14(21)6-7-17(15)23-19/h3-9,11H,1-2H3. The van der Waals surface area contributed by atoms with Gasteiger partial charge in [-0.25, -0.2) is 0 Å². The molecule has 0 saturated carbocycles. The Balaban J connectivity index is 2.50. The fraction of sp³-hybridized carbons (Fsp3) is 0.158. The van der Waals surface area contributed by atoms with E-state index in [0.29, 0.717) is 15.6 Å². The predicted octanol–water partition coefficient (Wildman–Crippen LogP) is 6.20. The van der Waals surface area contributed by atoms with Gasteiger partial charge in [0.25, 0.3) is 0 Å². The average Bonchev–Trinajstić information content (AvgIpc) is 2.52. The molecule has 0 atom stereocenters. The molecule has 0 amide bonds. The normalized spacial score (nSPS) is 11.0. The Kier molecular flexibility index (Phi) is 4.26. The molecule has 0 aliphatic rings. The van der Waals surface area contributed by atoms with E-state index in [1.807, 2.05) is 56.3 Å². The second kappa shape index (κ2) is 6.20. The van der Waals surface area contributed by atoms with Crippen LogP contribution in [0.3, 0.4) is 0 Å². The zero-order valence-electron chi connectivity index (χ0n) is 12.8. The summed E-state index contributed by atoms with van der Waals surface area (Å²) in [6.07, 6.45) is 0. The molecular weight excluding hydrogens is 327 g/mol. The van der Waals surface area contributed by atoms with E-state index in [4.69, 9.17) is 23.2 Å². The van der Waals surface area contributed by atoms with Gasteiger partial charge in [-0.1, -0.05) is 49.2 Å². The van der Waals surface area contributed by atoms with Crippen molar-refractivity contribution < 1.29 is 0 Å². The van der Waals surface area contributed by atoms with Gasteiger partial charge >= 0.3 is 0 Å². The van der Waals surface area contributed by atoms with E-state index in [2.05, 4.69) is 11.1 Å². The molecule has 0 spiro atoms. The lowest BCUT2D eigenvalue weighted by Gasteiger charge is -2.15. The Labute approximate surface area is 145 Å². The molecule has 0 aliphatic carbocycles. The summed E-state index contributed by atoms with van der Waals surface area (Å²) in [6.45, 7) is 4.07. The smallest absolute Gasteiger partial charge is 0.102 e. The van der Waals surface area contributed by atoms with Crippen LogP contribution in [0.1, 0.15) is 31.0 Å². The molecule has 0 unspecified atom stereocenters. The van der Waals surface area contributed by atoms with Crippen LogP contribution in [0.15, 0.2) is 42.5 Å². The van der Waals surface area contributed by atoms with Crippen molar-refractivity contribution in [2.75, 3.05) is 0 Å². The van der Waals surface area contributed by atoms with E-state index >= 15 is 0 Å². The van der Waals surface area contributed by atoms with E-state index in [1.54, 1.807) is 0 Å². The quantitative estimate of drug-likeness (QED) is 0.556. The fourth-order valence-corrected chi connectivity index (χ4v) is 3.09. The first-order valence-corrected chi connectivity index (χ1v) is 8.06. The number of benzene rings is 2. The number of hydrogen-bond acceptors (Lipinski definition) is 2. The SMILES string of the molecule is CC(C)c1nc2ccc(Cl)cc2c(-c2cccc(Cl)c2)c1C#N. The number of fused-ring (bicyclic) bond motifs is 1. The molecule has 2 nitrogen and oxygen atoms in total. The van der Waals surface area contributed by atoms with Crippen LogP contribution < -0.4 is 0 Å². The Morgan fingerprint density at radius 3 is 2.43 bits per heavy atom. The molecular formula is C19H14Cl2N2. The first-order chi connectivity index (χ1) is 11.0. The summed E-state index contributed by atoms with van der Waals surface area (Å²) in [7, 11) is 0. The summed E-state index contributed by atoms with van der Waals surface area (Å²) in [6, 6.07) is 15.4. The van der Waals surface area contributed by atoms with Crippen molar-refractivity contribution in [2.45, 2.75) is 19.8 Å². The fourth-order valence-electron chi connectivity index (χ4n) is 2.73. The van der Waals surface area contributed by atoms with Crippen LogP contribution in [0.5, 0.6) is 0 Å². The van der Waals surface area contributed by atoms with Gasteiger partial charge in [-0.15, -0.1) is 0 Å². The minimum Gasteiger partial charge on any atom is -0.251 e. The zero-order valence-corrected chi connectivity index (χ0v) is 14.3. The summed E-state index contributed by atoms with van der Waals surface area (Å²) >= 11 is 12.3. The van der Waals surface area contributed by atoms with Crippen LogP contribution in [-0.2, 0) is 0 Å². The van der Waals surface area contributed by atoms with Crippen LogP contribution in [-0.4, -0.2) is 4.98 Å². The number of nitriles is 1. The average molecular weight is 341 g/mol. The van der Waals surface area contributed by atoms with Gasteiger partial charge in [-0.05, 0) is 41.8 Å². The monoisotopic (exact) mass is 340 g/mol. The van der Waals surface area contributed by atoms with Crippen LogP contribution >= 0.6 is 23.2 Å². The minimum atomic E-state index is 0.141. The van der Waals surface area contributed by atoms with E-state index in [0.717, 1.165) is 27.7 Å². The maximum absolute atomic E-state index is 9.75. The van der Waals surface area contributed by atoms with Crippen molar-refractivity contribution >= 4 is 34.1 Å². The summed E-state index contributed by atoms with van der Waals surface area (Å²) in [5.74, 6) is 0.141. The first-order valence-electron chi connectivity index (χ1n) is 7.30. The maximum Gasteiger partial charge on any atom is 0.102 e. The third-order valence-corrected chi connectivity index (χ3v) is 4.22. The lowest BCUT2D eigenvalue weighted by atomic mass is 9.91. The lowest BCUT2D eigenvalue weighted by molar-refractivity contribution is 0.826. The minimum absolute atomic E-state index is 0.141. The number of rotatable bonds is 2. The molecule has 2 aromatic carbocycles. The van der Waals surface area contributed by atoms with Gasteiger partial charge in [0.1, 0.15) is 6.07 Å². The third kappa shape index (κ3) is 2.91. The second-order valence-electron chi connectivity index (χ2n) is 5.69. The summed E-state index contributed by atoms with van der Waals surface area (Å²) in [5, 5.41) is 11.9. The Morgan fingerprint density at radius 2 is 1.78 bits per heavy atom. The van der Waals surface area contributed by atoms with Crippen molar-refractivity contribution in [2.24, 2.45) is 0 Å². The summed E-state index contributed by atoms with van der Waals surface area (Å²) in [4.78, 5) is 4.68. The lowest BCUT2D eigenvalue weighted by Crippen LogP contribution is -2.01. The van der Waals surface area contributed by atoms with Gasteiger partial charge in [0.15, 0.2) is 0 Å². The second-order valence-corrected chi connectivity index (χ2v) is 6.56. The van der Waals surface area contributed by atoms with Crippen molar-refractivity contribution in [1.29, 1.82) is 5.26 Å². The number of aromatic nitrogens is 1. The van der Waals surface area contributed by atoms with E-state index in [9.17, 15) is 5.26 Å². The van der Waals surface area contributed by atoms with Gasteiger partial charge in [0.2, 0.25) is 0 Å². The molecule has 1 heterocycles. The first kappa shape index (κ1) is 15.8. The molecule has 3 aromatic rings. The molecule has 4 heteroatoms. The molecule has 3 rings (SSSR count). The molecule has 0 bridgehead atoms. The number of pyridine rings is 1. The molecule has 114 valence electrons. The highest BCUT2D eigenvalue weighted by Crippen LogP contribution is 2.36. The third-order valence-electron chi connectivity index (χ3n) is 3.75. The molecule has 0 saturated heterocycles. The predicted molar refractivity (Wildman–Crippen MR) is 96.0 cm³/mol.